The van der Waals surface area contributed by atoms with E-state index in [9.17, 15) is 14.7 Å². The van der Waals surface area contributed by atoms with Gasteiger partial charge in [-0.15, -0.1) is 11.3 Å². The number of fused-ring (bicyclic) bond motifs is 1. The summed E-state index contributed by atoms with van der Waals surface area (Å²) in [6.45, 7) is 3.57. The highest BCUT2D eigenvalue weighted by atomic mass is 32.1. The van der Waals surface area contributed by atoms with Gasteiger partial charge in [-0.05, 0) is 24.6 Å². The molecule has 0 spiro atoms. The molecule has 5 nitrogen and oxygen atoms in total. The molecule has 1 aliphatic heterocycles. The first-order chi connectivity index (χ1) is 11.0. The van der Waals surface area contributed by atoms with Crippen LogP contribution in [0.5, 0.6) is 0 Å². The second kappa shape index (κ2) is 6.14. The van der Waals surface area contributed by atoms with E-state index in [2.05, 4.69) is 12.4 Å². The van der Waals surface area contributed by atoms with Crippen molar-refractivity contribution in [2.75, 3.05) is 18.9 Å². The van der Waals surface area contributed by atoms with Gasteiger partial charge < -0.3 is 20.1 Å². The number of thiophene rings is 1. The first kappa shape index (κ1) is 15.7. The lowest BCUT2D eigenvalue weighted by molar-refractivity contribution is -0.895. The van der Waals surface area contributed by atoms with Gasteiger partial charge in [0.1, 0.15) is 11.5 Å². The summed E-state index contributed by atoms with van der Waals surface area (Å²) in [5.41, 5.74) is 2.47. The van der Waals surface area contributed by atoms with Crippen LogP contribution in [0.1, 0.15) is 36.7 Å². The Balaban J connectivity index is 1.94. The number of carbonyl (C=O) groups is 2. The fourth-order valence-electron chi connectivity index (χ4n) is 2.89. The predicted octanol–water partition coefficient (Wildman–Crippen LogP) is 0.243. The fraction of sp³-hybridized carbons (Fsp3) is 0.294. The number of anilines is 1. The highest BCUT2D eigenvalue weighted by Gasteiger charge is 2.26. The molecule has 2 N–H and O–H groups in total. The van der Waals surface area contributed by atoms with Crippen molar-refractivity contribution in [3.8, 4) is 0 Å². The monoisotopic (exact) mass is 330 g/mol. The summed E-state index contributed by atoms with van der Waals surface area (Å²) >= 11 is 1.35. The van der Waals surface area contributed by atoms with Gasteiger partial charge in [0.2, 0.25) is 0 Å². The van der Waals surface area contributed by atoms with Crippen LogP contribution in [0.15, 0.2) is 24.3 Å². The Labute approximate surface area is 138 Å². The Kier molecular flexibility index (Phi) is 4.19. The van der Waals surface area contributed by atoms with Crippen molar-refractivity contribution in [1.82, 2.24) is 0 Å². The quantitative estimate of drug-likeness (QED) is 0.847. The fourth-order valence-corrected chi connectivity index (χ4v) is 4.23. The number of benzene rings is 1. The number of hydrogen-bond acceptors (Lipinski definition) is 4. The molecule has 1 atom stereocenters. The number of nitrogens with one attached hydrogen (secondary N) is 2. The molecule has 1 amide bonds. The van der Waals surface area contributed by atoms with Crippen molar-refractivity contribution in [3.63, 3.8) is 0 Å². The zero-order valence-electron chi connectivity index (χ0n) is 13.1. The van der Waals surface area contributed by atoms with Crippen LogP contribution in [0, 0.1) is 6.92 Å². The third kappa shape index (κ3) is 3.13. The van der Waals surface area contributed by atoms with Crippen molar-refractivity contribution in [3.05, 3.63) is 51.4 Å². The Morgan fingerprint density at radius 2 is 2.13 bits per heavy atom. The lowest BCUT2D eigenvalue weighted by Gasteiger charge is -2.20. The van der Waals surface area contributed by atoms with Crippen LogP contribution in [0.25, 0.3) is 0 Å². The molecule has 0 radical (unpaired) electrons. The topological polar surface area (TPSA) is 73.7 Å². The van der Waals surface area contributed by atoms with E-state index in [4.69, 9.17) is 0 Å². The smallest absolute Gasteiger partial charge is 0.256 e. The van der Waals surface area contributed by atoms with E-state index in [-0.39, 0.29) is 11.5 Å². The second-order valence-electron chi connectivity index (χ2n) is 5.95. The number of carboxylic acid groups (broad SMARTS) is 1. The largest absolute Gasteiger partial charge is 0.545 e. The van der Waals surface area contributed by atoms with Crippen LogP contribution >= 0.6 is 11.3 Å². The summed E-state index contributed by atoms with van der Waals surface area (Å²) < 4.78 is 0. The highest BCUT2D eigenvalue weighted by molar-refractivity contribution is 7.17. The second-order valence-corrected chi connectivity index (χ2v) is 7.06. The van der Waals surface area contributed by atoms with Gasteiger partial charge in [-0.2, -0.15) is 0 Å². The normalized spacial score (nSPS) is 16.7. The number of carbonyl (C=O) groups excluding carboxylic acids is 2. The van der Waals surface area contributed by atoms with Crippen molar-refractivity contribution in [1.29, 1.82) is 0 Å². The summed E-state index contributed by atoms with van der Waals surface area (Å²) in [5.74, 6) is -1.52. The zero-order valence-corrected chi connectivity index (χ0v) is 13.9. The van der Waals surface area contributed by atoms with E-state index in [1.54, 1.807) is 12.1 Å². The minimum Gasteiger partial charge on any atom is -0.545 e. The average molecular weight is 330 g/mol. The zero-order chi connectivity index (χ0) is 16.6. The average Bonchev–Trinajstić information content (AvgIpc) is 2.84. The summed E-state index contributed by atoms with van der Waals surface area (Å²) in [7, 11) is 2.08. The number of aromatic carboxylic acids is 1. The highest BCUT2D eigenvalue weighted by Crippen LogP contribution is 2.34. The third-order valence-electron chi connectivity index (χ3n) is 4.07. The lowest BCUT2D eigenvalue weighted by atomic mass is 10.0. The molecule has 2 aromatic rings. The summed E-state index contributed by atoms with van der Waals surface area (Å²) in [5, 5.41) is 14.7. The van der Waals surface area contributed by atoms with E-state index < -0.39 is 5.97 Å². The third-order valence-corrected chi connectivity index (χ3v) is 5.21. The molecule has 0 saturated carbocycles. The molecule has 3 rings (SSSR count). The lowest BCUT2D eigenvalue weighted by Crippen LogP contribution is -3.08. The number of hydrogen-bond donors (Lipinski definition) is 2. The Morgan fingerprint density at radius 1 is 1.35 bits per heavy atom. The molecule has 1 unspecified atom stereocenters. The maximum absolute atomic E-state index is 12.4. The van der Waals surface area contributed by atoms with Crippen LogP contribution in [0.3, 0.4) is 0 Å². The van der Waals surface area contributed by atoms with Gasteiger partial charge in [-0.3, -0.25) is 4.79 Å². The molecule has 0 aliphatic carbocycles. The Morgan fingerprint density at radius 3 is 2.83 bits per heavy atom. The number of likely N-dealkylation sites (N-methyl/N-ethyl adjacent to an activating group) is 1. The number of rotatable bonds is 3. The van der Waals surface area contributed by atoms with E-state index in [0.29, 0.717) is 17.0 Å². The molecule has 23 heavy (non-hydrogen) atoms. The molecule has 2 heterocycles. The summed E-state index contributed by atoms with van der Waals surface area (Å²) in [6, 6.07) is 7.21. The van der Waals surface area contributed by atoms with Crippen molar-refractivity contribution >= 4 is 28.2 Å². The molecule has 0 bridgehead atoms. The van der Waals surface area contributed by atoms with Crippen molar-refractivity contribution in [2.45, 2.75) is 19.9 Å². The summed E-state index contributed by atoms with van der Waals surface area (Å²) in [4.78, 5) is 26.3. The van der Waals surface area contributed by atoms with Crippen molar-refractivity contribution in [2.24, 2.45) is 0 Å². The molecule has 1 aromatic heterocycles. The minimum absolute atomic E-state index is 0.151. The standard InChI is InChI=1S/C17H18N2O3S/c1-10-4-3-5-11(8-10)15(20)18-16-14(17(21)22)12-6-7-19(2)9-13(12)23-16/h3-5,8H,6-7,9H2,1-2H3,(H,18,20)(H,21,22). The molecule has 0 fully saturated rings. The van der Waals surface area contributed by atoms with E-state index >= 15 is 0 Å². The molecular weight excluding hydrogens is 312 g/mol. The molecular formula is C17H18N2O3S. The van der Waals surface area contributed by atoms with Gasteiger partial charge in [0, 0.05) is 17.5 Å². The number of carboxylic acids is 1. The molecule has 1 aliphatic rings. The molecule has 1 aromatic carbocycles. The number of aryl methyl sites for hydroxylation is 1. The van der Waals surface area contributed by atoms with Gasteiger partial charge in [-0.25, -0.2) is 0 Å². The minimum atomic E-state index is -1.22. The SMILES string of the molecule is Cc1cccc(C(=O)Nc2sc3c(c2C(=O)[O-])CC[NH+](C)C3)c1. The molecule has 0 saturated heterocycles. The van der Waals surface area contributed by atoms with Crippen LogP contribution < -0.4 is 15.3 Å². The maximum Gasteiger partial charge on any atom is 0.256 e. The van der Waals surface area contributed by atoms with Gasteiger partial charge >= 0.3 is 0 Å². The van der Waals surface area contributed by atoms with Crippen molar-refractivity contribution < 1.29 is 19.6 Å². The summed E-state index contributed by atoms with van der Waals surface area (Å²) in [6.07, 6.45) is 0.696. The van der Waals surface area contributed by atoms with Crippen LogP contribution in [-0.2, 0) is 13.0 Å². The maximum atomic E-state index is 12.4. The van der Waals surface area contributed by atoms with Gasteiger partial charge in [-0.1, -0.05) is 17.7 Å². The van der Waals surface area contributed by atoms with Gasteiger partial charge in [0.15, 0.2) is 0 Å². The van der Waals surface area contributed by atoms with Gasteiger partial charge in [0.05, 0.1) is 24.4 Å². The van der Waals surface area contributed by atoms with E-state index in [0.717, 1.165) is 29.1 Å². The first-order valence-electron chi connectivity index (χ1n) is 7.51. The predicted molar refractivity (Wildman–Crippen MR) is 86.9 cm³/mol. The van der Waals surface area contributed by atoms with E-state index in [1.165, 1.54) is 16.2 Å². The van der Waals surface area contributed by atoms with Gasteiger partial charge in [0.25, 0.3) is 5.91 Å². The number of quaternary nitrogens is 1. The van der Waals surface area contributed by atoms with Crippen LogP contribution in [0.4, 0.5) is 5.00 Å². The number of amides is 1. The molecule has 120 valence electrons. The van der Waals surface area contributed by atoms with E-state index in [1.807, 2.05) is 19.1 Å². The Hall–Kier alpha value is -2.18. The molecule has 6 heteroatoms. The van der Waals surface area contributed by atoms with Crippen LogP contribution in [-0.4, -0.2) is 25.5 Å². The van der Waals surface area contributed by atoms with Crippen LogP contribution in [0.2, 0.25) is 0 Å². The Bertz CT molecular complexity index is 782. The first-order valence-corrected chi connectivity index (χ1v) is 8.32.